The first-order valence-electron chi connectivity index (χ1n) is 5.94. The average molecular weight is 247 g/mol. The standard InChI is InChI=1S/C16H13N3/c1-13(18-19-15-10-6-3-7-11-15)16(12-17)14-8-4-2-5-9-14/h2-11H,1H3. The summed E-state index contributed by atoms with van der Waals surface area (Å²) in [7, 11) is 0. The molecule has 92 valence electrons. The molecule has 0 N–H and O–H groups in total. The van der Waals surface area contributed by atoms with Crippen molar-refractivity contribution >= 4 is 11.3 Å². The van der Waals surface area contributed by atoms with Gasteiger partial charge in [0, 0.05) is 0 Å². The second-order valence-electron chi connectivity index (χ2n) is 3.97. The number of benzene rings is 2. The molecule has 2 aromatic carbocycles. The summed E-state index contributed by atoms with van der Waals surface area (Å²) in [4.78, 5) is 0. The van der Waals surface area contributed by atoms with Crippen LogP contribution in [0.1, 0.15) is 12.5 Å². The molecule has 0 bridgehead atoms. The lowest BCUT2D eigenvalue weighted by Crippen LogP contribution is -1.84. The highest BCUT2D eigenvalue weighted by molar-refractivity contribution is 5.78. The number of nitrogens with zero attached hydrogens (tertiary/aromatic N) is 3. The van der Waals surface area contributed by atoms with Crippen LogP contribution < -0.4 is 0 Å². The summed E-state index contributed by atoms with van der Waals surface area (Å²) >= 11 is 0. The quantitative estimate of drug-likeness (QED) is 0.571. The zero-order valence-electron chi connectivity index (χ0n) is 10.6. The van der Waals surface area contributed by atoms with Gasteiger partial charge in [0.1, 0.15) is 6.07 Å². The molecular weight excluding hydrogens is 234 g/mol. The van der Waals surface area contributed by atoms with Gasteiger partial charge in [-0.25, -0.2) is 0 Å². The zero-order chi connectivity index (χ0) is 13.5. The van der Waals surface area contributed by atoms with Crippen molar-refractivity contribution in [2.24, 2.45) is 10.2 Å². The highest BCUT2D eigenvalue weighted by atomic mass is 15.1. The largest absolute Gasteiger partial charge is 0.192 e. The van der Waals surface area contributed by atoms with Gasteiger partial charge in [0.05, 0.1) is 17.0 Å². The lowest BCUT2D eigenvalue weighted by atomic mass is 10.1. The fraction of sp³-hybridized carbons (Fsp3) is 0.0625. The van der Waals surface area contributed by atoms with Crippen LogP contribution in [-0.2, 0) is 0 Å². The third-order valence-electron chi connectivity index (χ3n) is 2.61. The second kappa shape index (κ2) is 6.27. The van der Waals surface area contributed by atoms with E-state index in [1.807, 2.05) is 60.7 Å². The number of rotatable bonds is 3. The van der Waals surface area contributed by atoms with Crippen molar-refractivity contribution in [3.8, 4) is 6.07 Å². The van der Waals surface area contributed by atoms with E-state index in [0.29, 0.717) is 11.3 Å². The molecule has 0 unspecified atom stereocenters. The summed E-state index contributed by atoms with van der Waals surface area (Å²) in [5.41, 5.74) is 2.78. The van der Waals surface area contributed by atoms with E-state index in [1.54, 1.807) is 6.92 Å². The maximum absolute atomic E-state index is 9.24. The van der Waals surface area contributed by atoms with Crippen LogP contribution in [0.2, 0.25) is 0 Å². The van der Waals surface area contributed by atoms with Crippen molar-refractivity contribution in [1.29, 1.82) is 5.26 Å². The molecule has 0 radical (unpaired) electrons. The van der Waals surface area contributed by atoms with Crippen LogP contribution in [0, 0.1) is 11.3 Å². The van der Waals surface area contributed by atoms with Crippen molar-refractivity contribution in [2.75, 3.05) is 0 Å². The van der Waals surface area contributed by atoms with E-state index >= 15 is 0 Å². The third-order valence-corrected chi connectivity index (χ3v) is 2.61. The summed E-state index contributed by atoms with van der Waals surface area (Å²) < 4.78 is 0. The van der Waals surface area contributed by atoms with E-state index in [2.05, 4.69) is 16.3 Å². The Kier molecular flexibility index (Phi) is 4.20. The van der Waals surface area contributed by atoms with E-state index in [9.17, 15) is 5.26 Å². The predicted octanol–water partition coefficient (Wildman–Crippen LogP) is 4.73. The van der Waals surface area contributed by atoms with Gasteiger partial charge in [-0.05, 0) is 24.6 Å². The minimum atomic E-state index is 0.542. The molecule has 0 aromatic heterocycles. The molecular formula is C16H13N3. The van der Waals surface area contributed by atoms with Gasteiger partial charge in [0.25, 0.3) is 0 Å². The lowest BCUT2D eigenvalue weighted by molar-refractivity contribution is 1.13. The Balaban J connectivity index is 2.31. The van der Waals surface area contributed by atoms with Crippen molar-refractivity contribution in [3.05, 3.63) is 71.9 Å². The number of hydrogen-bond acceptors (Lipinski definition) is 3. The van der Waals surface area contributed by atoms with E-state index < -0.39 is 0 Å². The first kappa shape index (κ1) is 12.7. The lowest BCUT2D eigenvalue weighted by Gasteiger charge is -2.00. The molecule has 0 aliphatic heterocycles. The Labute approximate surface area is 112 Å². The van der Waals surface area contributed by atoms with Gasteiger partial charge in [-0.3, -0.25) is 0 Å². The minimum absolute atomic E-state index is 0.542. The topological polar surface area (TPSA) is 48.5 Å². The Morgan fingerprint density at radius 3 is 2.11 bits per heavy atom. The minimum Gasteiger partial charge on any atom is -0.192 e. The Bertz CT molecular complexity index is 635. The highest BCUT2D eigenvalue weighted by Crippen LogP contribution is 2.20. The van der Waals surface area contributed by atoms with Crippen LogP contribution in [-0.4, -0.2) is 0 Å². The molecule has 0 spiro atoms. The summed E-state index contributed by atoms with van der Waals surface area (Å²) in [6.45, 7) is 1.79. The van der Waals surface area contributed by atoms with Gasteiger partial charge in [-0.1, -0.05) is 48.5 Å². The molecule has 19 heavy (non-hydrogen) atoms. The number of hydrogen-bond donors (Lipinski definition) is 0. The first-order valence-corrected chi connectivity index (χ1v) is 5.94. The number of azo groups is 1. The molecule has 0 atom stereocenters. The molecule has 0 aliphatic carbocycles. The van der Waals surface area contributed by atoms with Crippen LogP contribution in [0.15, 0.2) is 76.6 Å². The Hall–Kier alpha value is -2.73. The predicted molar refractivity (Wildman–Crippen MR) is 75.6 cm³/mol. The van der Waals surface area contributed by atoms with Gasteiger partial charge in [-0.2, -0.15) is 15.5 Å². The van der Waals surface area contributed by atoms with E-state index in [4.69, 9.17) is 0 Å². The molecule has 0 saturated carbocycles. The van der Waals surface area contributed by atoms with Crippen LogP contribution >= 0.6 is 0 Å². The van der Waals surface area contributed by atoms with Gasteiger partial charge in [0.15, 0.2) is 0 Å². The summed E-state index contributed by atoms with van der Waals surface area (Å²) in [6, 6.07) is 21.1. The van der Waals surface area contributed by atoms with Gasteiger partial charge in [0.2, 0.25) is 0 Å². The fourth-order valence-corrected chi connectivity index (χ4v) is 1.64. The van der Waals surface area contributed by atoms with Crippen molar-refractivity contribution in [3.63, 3.8) is 0 Å². The monoisotopic (exact) mass is 247 g/mol. The molecule has 2 aromatic rings. The molecule has 2 rings (SSSR count). The normalized spacial score (nSPS) is 12.0. The molecule has 0 amide bonds. The molecule has 0 heterocycles. The smallest absolute Gasteiger partial charge is 0.102 e. The van der Waals surface area contributed by atoms with Gasteiger partial charge in [-0.15, -0.1) is 0 Å². The molecule has 0 aliphatic rings. The van der Waals surface area contributed by atoms with E-state index in [0.717, 1.165) is 11.3 Å². The van der Waals surface area contributed by atoms with E-state index in [1.165, 1.54) is 0 Å². The van der Waals surface area contributed by atoms with Crippen LogP contribution in [0.25, 0.3) is 5.57 Å². The maximum atomic E-state index is 9.24. The maximum Gasteiger partial charge on any atom is 0.102 e. The van der Waals surface area contributed by atoms with Crippen LogP contribution in [0.3, 0.4) is 0 Å². The molecule has 0 fully saturated rings. The summed E-state index contributed by atoms with van der Waals surface area (Å²) in [5.74, 6) is 0. The van der Waals surface area contributed by atoms with Gasteiger partial charge >= 0.3 is 0 Å². The summed E-state index contributed by atoms with van der Waals surface area (Å²) in [5, 5.41) is 17.5. The third kappa shape index (κ3) is 3.36. The number of nitriles is 1. The summed E-state index contributed by atoms with van der Waals surface area (Å²) in [6.07, 6.45) is 0. The molecule has 3 heteroatoms. The Morgan fingerprint density at radius 2 is 1.53 bits per heavy atom. The first-order chi connectivity index (χ1) is 9.31. The molecule has 3 nitrogen and oxygen atoms in total. The second-order valence-corrected chi connectivity index (χ2v) is 3.97. The van der Waals surface area contributed by atoms with Crippen LogP contribution in [0.5, 0.6) is 0 Å². The zero-order valence-corrected chi connectivity index (χ0v) is 10.6. The van der Waals surface area contributed by atoms with Crippen molar-refractivity contribution < 1.29 is 0 Å². The molecule has 0 saturated heterocycles. The highest BCUT2D eigenvalue weighted by Gasteiger charge is 2.04. The van der Waals surface area contributed by atoms with Crippen LogP contribution in [0.4, 0.5) is 5.69 Å². The Morgan fingerprint density at radius 1 is 0.947 bits per heavy atom. The van der Waals surface area contributed by atoms with Crippen molar-refractivity contribution in [1.82, 2.24) is 0 Å². The number of allylic oxidation sites excluding steroid dienone is 2. The van der Waals surface area contributed by atoms with Crippen molar-refractivity contribution in [2.45, 2.75) is 6.92 Å². The fourth-order valence-electron chi connectivity index (χ4n) is 1.64. The SMILES string of the molecule is CC(N=Nc1ccccc1)=C(C#N)c1ccccc1. The van der Waals surface area contributed by atoms with E-state index in [-0.39, 0.29) is 0 Å². The van der Waals surface area contributed by atoms with Gasteiger partial charge < -0.3 is 0 Å². The average Bonchev–Trinajstić information content (AvgIpc) is 2.48.